The fourth-order valence-corrected chi connectivity index (χ4v) is 5.75. The number of carbonyl (C=O) groups is 2. The normalized spacial score (nSPS) is 13.5. The summed E-state index contributed by atoms with van der Waals surface area (Å²) in [7, 11) is -3.44. The molecule has 1 heterocycles. The molecule has 34 heavy (non-hydrogen) atoms. The average molecular weight is 510 g/mol. The van der Waals surface area contributed by atoms with Crippen LogP contribution in [-0.2, 0) is 19.8 Å². The molecule has 0 fully saturated rings. The molecule has 2 N–H and O–H groups in total. The molecule has 2 aromatic carbocycles. The van der Waals surface area contributed by atoms with Gasteiger partial charge in [0.15, 0.2) is 0 Å². The first-order valence-corrected chi connectivity index (χ1v) is 12.9. The van der Waals surface area contributed by atoms with E-state index in [1.807, 2.05) is 0 Å². The van der Waals surface area contributed by atoms with E-state index in [0.29, 0.717) is 15.0 Å². The van der Waals surface area contributed by atoms with E-state index in [1.165, 1.54) is 37.4 Å². The second kappa shape index (κ2) is 10.6. The summed E-state index contributed by atoms with van der Waals surface area (Å²) in [5, 5.41) is 5.19. The number of hydrogen-bond donors (Lipinski definition) is 2. The first kappa shape index (κ1) is 25.8. The van der Waals surface area contributed by atoms with Crippen molar-refractivity contribution in [1.29, 1.82) is 0 Å². The van der Waals surface area contributed by atoms with Gasteiger partial charge < -0.3 is 14.6 Å². The topological polar surface area (TPSA) is 93.7 Å². The largest absolute Gasteiger partial charge is 0.463 e. The van der Waals surface area contributed by atoms with Crippen LogP contribution < -0.4 is 14.9 Å². The van der Waals surface area contributed by atoms with Gasteiger partial charge in [-0.3, -0.25) is 14.2 Å². The van der Waals surface area contributed by atoms with Crippen LogP contribution in [0.15, 0.2) is 54.6 Å². The molecule has 11 heteroatoms. The zero-order valence-electron chi connectivity index (χ0n) is 18.8. The van der Waals surface area contributed by atoms with Crippen LogP contribution in [0.3, 0.4) is 0 Å². The molecule has 0 saturated heterocycles. The van der Waals surface area contributed by atoms with Crippen molar-refractivity contribution in [3.8, 4) is 5.75 Å². The third-order valence-corrected chi connectivity index (χ3v) is 7.90. The third-order valence-electron chi connectivity index (χ3n) is 4.68. The second-order valence-corrected chi connectivity index (χ2v) is 10.9. The molecule has 0 aliphatic carbocycles. The number of carbonyl (C=O) groups excluding carboxylic acids is 2. The smallest absolute Gasteiger partial charge is 0.390 e. The van der Waals surface area contributed by atoms with E-state index in [9.17, 15) is 14.2 Å². The number of amides is 1. The van der Waals surface area contributed by atoms with Gasteiger partial charge in [0.05, 0.1) is 17.4 Å². The zero-order valence-corrected chi connectivity index (χ0v) is 20.6. The van der Waals surface area contributed by atoms with Gasteiger partial charge >= 0.3 is 19.2 Å². The van der Waals surface area contributed by atoms with Gasteiger partial charge in [-0.25, -0.2) is 5.09 Å². The molecule has 1 aromatic heterocycles. The fourth-order valence-electron chi connectivity index (χ4n) is 3.08. The van der Waals surface area contributed by atoms with Crippen LogP contribution >= 0.6 is 18.9 Å². The number of hydrogen-bond acceptors (Lipinski definition) is 6. The maximum absolute atomic E-state index is 15.7. The number of rotatable bonds is 10. The van der Waals surface area contributed by atoms with Crippen LogP contribution in [0, 0.1) is 0 Å². The monoisotopic (exact) mass is 510 g/mol. The summed E-state index contributed by atoms with van der Waals surface area (Å²) in [6.07, 6.45) is -0.631. The summed E-state index contributed by atoms with van der Waals surface area (Å²) in [5.41, 5.74) is -4.49. The molecule has 7 nitrogen and oxygen atoms in total. The molecular weight excluding hydrogens is 485 g/mol. The SMILES string of the molecule is CNC(=O)c1cc2cc(C(F)(F)P(=O)(NCCC(=O)OC(C)C)Oc3ccccc3)ccc2s1. The van der Waals surface area contributed by atoms with Gasteiger partial charge in [-0.1, -0.05) is 24.3 Å². The lowest BCUT2D eigenvalue weighted by molar-refractivity contribution is -0.147. The zero-order chi connectivity index (χ0) is 24.9. The van der Waals surface area contributed by atoms with Crippen molar-refractivity contribution < 1.29 is 32.2 Å². The number of thiophene rings is 1. The van der Waals surface area contributed by atoms with E-state index in [-0.39, 0.29) is 30.7 Å². The molecule has 1 amide bonds. The number of alkyl halides is 2. The summed E-state index contributed by atoms with van der Waals surface area (Å²) < 4.78 is 56.1. The van der Waals surface area contributed by atoms with Crippen molar-refractivity contribution in [2.45, 2.75) is 32.0 Å². The highest BCUT2D eigenvalue weighted by molar-refractivity contribution is 7.58. The van der Waals surface area contributed by atoms with Crippen LogP contribution in [-0.4, -0.2) is 31.6 Å². The highest BCUT2D eigenvalue weighted by Crippen LogP contribution is 2.63. The fraction of sp³-hybridized carbons (Fsp3) is 0.304. The molecule has 0 radical (unpaired) electrons. The lowest BCUT2D eigenvalue weighted by Gasteiger charge is -2.28. The Morgan fingerprint density at radius 3 is 2.47 bits per heavy atom. The summed E-state index contributed by atoms with van der Waals surface area (Å²) in [6.45, 7) is 2.99. The molecule has 0 saturated carbocycles. The third kappa shape index (κ3) is 5.81. The molecule has 1 atom stereocenters. The summed E-state index contributed by atoms with van der Waals surface area (Å²) in [6, 6.07) is 12.9. The highest BCUT2D eigenvalue weighted by atomic mass is 32.1. The van der Waals surface area contributed by atoms with Gasteiger partial charge in [0, 0.05) is 23.9 Å². The van der Waals surface area contributed by atoms with Gasteiger partial charge in [0.1, 0.15) is 5.75 Å². The van der Waals surface area contributed by atoms with Crippen molar-refractivity contribution in [1.82, 2.24) is 10.4 Å². The number of benzene rings is 2. The molecule has 0 bridgehead atoms. The Balaban J connectivity index is 1.93. The number of fused-ring (bicyclic) bond motifs is 1. The minimum Gasteiger partial charge on any atom is -0.463 e. The van der Waals surface area contributed by atoms with Gasteiger partial charge in [0.25, 0.3) is 5.91 Å². The minimum absolute atomic E-state index is 0.0127. The minimum atomic E-state index is -4.92. The lowest BCUT2D eigenvalue weighted by atomic mass is 10.1. The molecule has 182 valence electrons. The Bertz CT molecular complexity index is 1220. The number of esters is 1. The molecule has 0 aliphatic heterocycles. The average Bonchev–Trinajstić information content (AvgIpc) is 3.22. The molecule has 0 aliphatic rings. The number of ether oxygens (including phenoxy) is 1. The van der Waals surface area contributed by atoms with E-state index in [1.54, 1.807) is 32.0 Å². The van der Waals surface area contributed by atoms with E-state index in [2.05, 4.69) is 10.4 Å². The predicted octanol–water partition coefficient (Wildman–Crippen LogP) is 5.51. The van der Waals surface area contributed by atoms with Gasteiger partial charge in [-0.2, -0.15) is 8.78 Å². The van der Waals surface area contributed by atoms with Crippen molar-refractivity contribution in [3.63, 3.8) is 0 Å². The van der Waals surface area contributed by atoms with E-state index in [0.717, 1.165) is 17.4 Å². The molecule has 3 aromatic rings. The van der Waals surface area contributed by atoms with Gasteiger partial charge in [0.2, 0.25) is 0 Å². The maximum Gasteiger partial charge on any atom is 0.390 e. The summed E-state index contributed by atoms with van der Waals surface area (Å²) >= 11 is 1.16. The van der Waals surface area contributed by atoms with Crippen LogP contribution in [0.4, 0.5) is 8.78 Å². The van der Waals surface area contributed by atoms with Gasteiger partial charge in [-0.05, 0) is 49.6 Å². The van der Waals surface area contributed by atoms with Crippen LogP contribution in [0.2, 0.25) is 0 Å². The predicted molar refractivity (Wildman–Crippen MR) is 128 cm³/mol. The van der Waals surface area contributed by atoms with E-state index < -0.39 is 24.7 Å². The van der Waals surface area contributed by atoms with Crippen molar-refractivity contribution in [2.75, 3.05) is 13.6 Å². The quantitative estimate of drug-likeness (QED) is 0.276. The standard InChI is InChI=1S/C23H25F2N2O5PS/c1-15(2)31-21(28)11-12-27-33(30,32-18-7-5-4-6-8-18)23(24,25)17-9-10-19-16(13-17)14-20(34-19)22(29)26-3/h4-10,13-15H,11-12H2,1-3H3,(H,26,29)(H,27,30). The summed E-state index contributed by atoms with van der Waals surface area (Å²) in [4.78, 5) is 24.1. The van der Waals surface area contributed by atoms with Crippen LogP contribution in [0.25, 0.3) is 10.1 Å². The Kier molecular flexibility index (Phi) is 8.07. The molecule has 1 unspecified atom stereocenters. The van der Waals surface area contributed by atoms with Crippen LogP contribution in [0.1, 0.15) is 35.5 Å². The molecule has 3 rings (SSSR count). The van der Waals surface area contributed by atoms with Gasteiger partial charge in [-0.15, -0.1) is 11.3 Å². The Morgan fingerprint density at radius 2 is 1.82 bits per heavy atom. The van der Waals surface area contributed by atoms with Crippen molar-refractivity contribution >= 4 is 40.8 Å². The molecular formula is C23H25F2N2O5PS. The van der Waals surface area contributed by atoms with Crippen molar-refractivity contribution in [3.05, 3.63) is 65.0 Å². The second-order valence-electron chi connectivity index (χ2n) is 7.64. The highest BCUT2D eigenvalue weighted by Gasteiger charge is 2.54. The number of nitrogens with one attached hydrogen (secondary N) is 2. The van der Waals surface area contributed by atoms with E-state index >= 15 is 8.78 Å². The van der Waals surface area contributed by atoms with Crippen LogP contribution in [0.5, 0.6) is 5.75 Å². The maximum atomic E-state index is 15.7. The Labute approximate surface area is 200 Å². The number of para-hydroxylation sites is 1. The summed E-state index contributed by atoms with van der Waals surface area (Å²) in [5.74, 6) is -0.956. The van der Waals surface area contributed by atoms with E-state index in [4.69, 9.17) is 9.26 Å². The Morgan fingerprint density at radius 1 is 1.12 bits per heavy atom. The first-order valence-electron chi connectivity index (χ1n) is 10.5. The molecule has 0 spiro atoms. The van der Waals surface area contributed by atoms with Crippen molar-refractivity contribution in [2.24, 2.45) is 0 Å². The Hall–Kier alpha value is -2.81. The first-order chi connectivity index (χ1) is 16.1. The number of halogens is 2. The lowest BCUT2D eigenvalue weighted by Crippen LogP contribution is -2.30.